The third-order valence-electron chi connectivity index (χ3n) is 0.874. The van der Waals surface area contributed by atoms with Gasteiger partial charge in [0.1, 0.15) is 6.29 Å². The van der Waals surface area contributed by atoms with Gasteiger partial charge in [-0.3, -0.25) is 0 Å². The molecule has 0 aliphatic carbocycles. The van der Waals surface area contributed by atoms with Gasteiger partial charge in [-0.05, 0) is 12.2 Å². The summed E-state index contributed by atoms with van der Waals surface area (Å²) >= 11 is 6.24. The summed E-state index contributed by atoms with van der Waals surface area (Å²) in [4.78, 5) is 12.8. The molecular weight excluding hydrogens is 154 g/mol. The molecule has 0 fully saturated rings. The summed E-state index contributed by atoms with van der Waals surface area (Å²) in [6.45, 7) is 0. The molecule has 1 aromatic rings. The van der Waals surface area contributed by atoms with Crippen LogP contribution in [-0.4, -0.2) is 11.3 Å². The third-order valence-corrected chi connectivity index (χ3v) is 1.98. The maximum atomic E-state index is 9.93. The highest BCUT2D eigenvalue weighted by molar-refractivity contribution is 7.73. The lowest BCUT2D eigenvalue weighted by atomic mass is 10.4. The zero-order valence-electron chi connectivity index (χ0n) is 4.59. The van der Waals surface area contributed by atoms with Gasteiger partial charge in [0.05, 0.1) is 0 Å². The Morgan fingerprint density at radius 2 is 2.67 bits per heavy atom. The minimum atomic E-state index is 0.438. The van der Waals surface area contributed by atoms with Crippen molar-refractivity contribution in [3.05, 3.63) is 15.0 Å². The molecule has 1 aromatic heterocycles. The van der Waals surface area contributed by atoms with E-state index in [0.29, 0.717) is 6.42 Å². The standard InChI is InChI=1S/C5H5NOS2/c7-2-1-4-3-9-5(8)6-4/h2-3H,1H2,(H,6,8). The van der Waals surface area contributed by atoms with E-state index < -0.39 is 0 Å². The van der Waals surface area contributed by atoms with Crippen molar-refractivity contribution in [1.82, 2.24) is 4.98 Å². The molecule has 0 spiro atoms. The number of rotatable bonds is 2. The largest absolute Gasteiger partial charge is 0.340 e. The summed E-state index contributed by atoms with van der Waals surface area (Å²) < 4.78 is 0.729. The zero-order valence-corrected chi connectivity index (χ0v) is 6.22. The molecule has 1 rings (SSSR count). The van der Waals surface area contributed by atoms with Crippen molar-refractivity contribution < 1.29 is 4.79 Å². The van der Waals surface area contributed by atoms with Crippen molar-refractivity contribution in [2.45, 2.75) is 6.42 Å². The average Bonchev–Trinajstić information content (AvgIpc) is 2.17. The Balaban J connectivity index is 2.84. The van der Waals surface area contributed by atoms with Gasteiger partial charge in [-0.1, -0.05) is 0 Å². The van der Waals surface area contributed by atoms with Crippen LogP contribution in [0.2, 0.25) is 0 Å². The normalized spacial score (nSPS) is 9.33. The third kappa shape index (κ3) is 1.73. The average molecular weight is 159 g/mol. The van der Waals surface area contributed by atoms with Crippen LogP contribution < -0.4 is 0 Å². The first kappa shape index (κ1) is 6.64. The van der Waals surface area contributed by atoms with Crippen LogP contribution in [0.4, 0.5) is 0 Å². The molecule has 0 aromatic carbocycles. The molecule has 4 heteroatoms. The molecule has 2 nitrogen and oxygen atoms in total. The van der Waals surface area contributed by atoms with Gasteiger partial charge >= 0.3 is 0 Å². The Kier molecular flexibility index (Phi) is 2.13. The maximum Gasteiger partial charge on any atom is 0.158 e. The van der Waals surface area contributed by atoms with Crippen molar-refractivity contribution in [1.29, 1.82) is 0 Å². The van der Waals surface area contributed by atoms with Crippen molar-refractivity contribution in [2.24, 2.45) is 0 Å². The second kappa shape index (κ2) is 2.89. The second-order valence-electron chi connectivity index (χ2n) is 1.54. The van der Waals surface area contributed by atoms with Crippen LogP contribution >= 0.6 is 23.6 Å². The van der Waals surface area contributed by atoms with E-state index in [0.717, 1.165) is 15.9 Å². The van der Waals surface area contributed by atoms with Crippen LogP contribution in [0.1, 0.15) is 5.69 Å². The number of nitrogens with one attached hydrogen (secondary N) is 1. The minimum absolute atomic E-state index is 0.438. The number of aromatic nitrogens is 1. The van der Waals surface area contributed by atoms with Gasteiger partial charge < -0.3 is 9.78 Å². The van der Waals surface area contributed by atoms with Crippen LogP contribution in [0, 0.1) is 3.95 Å². The molecule has 0 saturated heterocycles. The molecule has 0 aliphatic rings. The van der Waals surface area contributed by atoms with Gasteiger partial charge in [-0.15, -0.1) is 11.3 Å². The first-order valence-corrected chi connectivity index (χ1v) is 3.72. The fourth-order valence-electron chi connectivity index (χ4n) is 0.504. The SMILES string of the molecule is O=CCc1csc(=S)[nH]1. The topological polar surface area (TPSA) is 32.9 Å². The number of aromatic amines is 1. The van der Waals surface area contributed by atoms with E-state index in [-0.39, 0.29) is 0 Å². The summed E-state index contributed by atoms with van der Waals surface area (Å²) in [6, 6.07) is 0. The highest BCUT2D eigenvalue weighted by Crippen LogP contribution is 2.03. The highest BCUT2D eigenvalue weighted by atomic mass is 32.1. The number of H-pyrrole nitrogens is 1. The molecule has 0 bridgehead atoms. The molecule has 0 aliphatic heterocycles. The smallest absolute Gasteiger partial charge is 0.158 e. The lowest BCUT2D eigenvalue weighted by molar-refractivity contribution is -0.107. The fraction of sp³-hybridized carbons (Fsp3) is 0.200. The van der Waals surface area contributed by atoms with E-state index in [9.17, 15) is 4.79 Å². The molecule has 0 atom stereocenters. The molecule has 1 N–H and O–H groups in total. The minimum Gasteiger partial charge on any atom is -0.340 e. The Bertz CT molecular complexity index is 249. The van der Waals surface area contributed by atoms with Gasteiger partial charge in [-0.2, -0.15) is 0 Å². The quantitative estimate of drug-likeness (QED) is 0.524. The molecule has 48 valence electrons. The van der Waals surface area contributed by atoms with E-state index >= 15 is 0 Å². The van der Waals surface area contributed by atoms with Gasteiger partial charge in [0, 0.05) is 17.5 Å². The zero-order chi connectivity index (χ0) is 6.69. The first-order chi connectivity index (χ1) is 4.33. The molecule has 0 amide bonds. The molecular formula is C5H5NOS2. The predicted molar refractivity (Wildman–Crippen MR) is 39.3 cm³/mol. The number of carbonyl (C=O) groups excluding carboxylic acids is 1. The van der Waals surface area contributed by atoms with Gasteiger partial charge in [0.2, 0.25) is 0 Å². The van der Waals surface area contributed by atoms with Crippen molar-refractivity contribution in [2.75, 3.05) is 0 Å². The number of hydrogen-bond donors (Lipinski definition) is 1. The van der Waals surface area contributed by atoms with Crippen LogP contribution in [-0.2, 0) is 11.2 Å². The van der Waals surface area contributed by atoms with E-state index in [1.165, 1.54) is 11.3 Å². The van der Waals surface area contributed by atoms with E-state index in [2.05, 4.69) is 4.98 Å². The highest BCUT2D eigenvalue weighted by Gasteiger charge is 1.90. The summed E-state index contributed by atoms with van der Waals surface area (Å²) in [5.74, 6) is 0. The van der Waals surface area contributed by atoms with Gasteiger partial charge in [-0.25, -0.2) is 0 Å². The Labute approximate surface area is 61.5 Å². The lowest BCUT2D eigenvalue weighted by Crippen LogP contribution is -1.83. The summed E-state index contributed by atoms with van der Waals surface area (Å²) in [5, 5.41) is 1.86. The van der Waals surface area contributed by atoms with Crippen LogP contribution in [0.3, 0.4) is 0 Å². The van der Waals surface area contributed by atoms with Crippen LogP contribution in [0.25, 0.3) is 0 Å². The number of carbonyl (C=O) groups is 1. The number of aldehydes is 1. The van der Waals surface area contributed by atoms with E-state index in [4.69, 9.17) is 12.2 Å². The van der Waals surface area contributed by atoms with Crippen LogP contribution in [0.15, 0.2) is 5.38 Å². The van der Waals surface area contributed by atoms with Crippen molar-refractivity contribution in [3.8, 4) is 0 Å². The molecule has 0 saturated carbocycles. The van der Waals surface area contributed by atoms with Crippen LogP contribution in [0.5, 0.6) is 0 Å². The summed E-state index contributed by atoms with van der Waals surface area (Å²) in [5.41, 5.74) is 0.903. The second-order valence-corrected chi connectivity index (χ2v) is 3.09. The number of thiazole rings is 1. The Hall–Kier alpha value is -0.480. The fourth-order valence-corrected chi connectivity index (χ4v) is 1.37. The molecule has 9 heavy (non-hydrogen) atoms. The van der Waals surface area contributed by atoms with Gasteiger partial charge in [0.25, 0.3) is 0 Å². The predicted octanol–water partition coefficient (Wildman–Crippen LogP) is 1.55. The Morgan fingerprint density at radius 3 is 3.11 bits per heavy atom. The van der Waals surface area contributed by atoms with Gasteiger partial charge in [0.15, 0.2) is 3.95 Å². The maximum absolute atomic E-state index is 9.93. The first-order valence-electron chi connectivity index (χ1n) is 2.43. The monoisotopic (exact) mass is 159 g/mol. The molecule has 1 heterocycles. The van der Waals surface area contributed by atoms with Crippen molar-refractivity contribution >= 4 is 29.8 Å². The van der Waals surface area contributed by atoms with E-state index in [1.54, 1.807) is 0 Å². The van der Waals surface area contributed by atoms with Crippen molar-refractivity contribution in [3.63, 3.8) is 0 Å². The number of hydrogen-bond acceptors (Lipinski definition) is 3. The summed E-state index contributed by atoms with van der Waals surface area (Å²) in [7, 11) is 0. The lowest BCUT2D eigenvalue weighted by Gasteiger charge is -1.80. The Morgan fingerprint density at radius 1 is 1.89 bits per heavy atom. The molecule has 0 radical (unpaired) electrons. The summed E-state index contributed by atoms with van der Waals surface area (Å²) in [6.07, 6.45) is 1.29. The van der Waals surface area contributed by atoms with E-state index in [1.807, 2.05) is 5.38 Å². The molecule has 0 unspecified atom stereocenters.